The Morgan fingerprint density at radius 2 is 1.65 bits per heavy atom. The van der Waals surface area contributed by atoms with Crippen LogP contribution in [0.5, 0.6) is 0 Å². The van der Waals surface area contributed by atoms with E-state index in [2.05, 4.69) is 19.8 Å². The normalized spacial score (nSPS) is 14.7. The molecule has 0 saturated carbocycles. The number of fused-ring (bicyclic) bond motifs is 1. The van der Waals surface area contributed by atoms with Gasteiger partial charge in [-0.25, -0.2) is 13.6 Å². The van der Waals surface area contributed by atoms with Gasteiger partial charge in [0.2, 0.25) is 5.95 Å². The van der Waals surface area contributed by atoms with Crippen LogP contribution < -0.4 is 16.1 Å². The first kappa shape index (κ1) is 22.0. The van der Waals surface area contributed by atoms with E-state index in [0.29, 0.717) is 56.4 Å². The second kappa shape index (κ2) is 8.86. The van der Waals surface area contributed by atoms with E-state index >= 15 is 0 Å². The van der Waals surface area contributed by atoms with Crippen LogP contribution in [-0.2, 0) is 20.1 Å². The molecule has 5 rings (SSSR count). The van der Waals surface area contributed by atoms with Gasteiger partial charge in [-0.05, 0) is 23.8 Å². The lowest BCUT2D eigenvalue weighted by Crippen LogP contribution is -2.47. The summed E-state index contributed by atoms with van der Waals surface area (Å²) in [7, 11) is 1.56. The smallest absolute Gasteiger partial charge is 0.329 e. The van der Waals surface area contributed by atoms with Gasteiger partial charge in [0, 0.05) is 45.3 Å². The fourth-order valence-electron chi connectivity index (χ4n) is 4.36. The monoisotopic (exact) mass is 466 g/mol. The third-order valence-electron chi connectivity index (χ3n) is 6.25. The Balaban J connectivity index is 1.47. The van der Waals surface area contributed by atoms with E-state index in [4.69, 9.17) is 0 Å². The lowest BCUT2D eigenvalue weighted by atomic mass is 10.2. The summed E-state index contributed by atoms with van der Waals surface area (Å²) in [6, 6.07) is 12.8. The summed E-state index contributed by atoms with van der Waals surface area (Å²) in [6.45, 7) is 3.41. The Labute approximate surface area is 193 Å². The van der Waals surface area contributed by atoms with Gasteiger partial charge in [-0.1, -0.05) is 30.3 Å². The van der Waals surface area contributed by atoms with Crippen LogP contribution in [0.3, 0.4) is 0 Å². The molecule has 2 aromatic heterocycles. The van der Waals surface area contributed by atoms with Gasteiger partial charge >= 0.3 is 5.69 Å². The minimum Gasteiger partial charge on any atom is -0.340 e. The highest BCUT2D eigenvalue weighted by atomic mass is 19.1. The summed E-state index contributed by atoms with van der Waals surface area (Å²) in [5.74, 6) is 0.00779. The molecule has 1 saturated heterocycles. The number of nitrogens with one attached hydrogen (secondary N) is 1. The molecule has 3 heterocycles. The molecule has 1 N–H and O–H groups in total. The Morgan fingerprint density at radius 3 is 2.35 bits per heavy atom. The molecule has 2 aromatic carbocycles. The molecule has 0 spiro atoms. The van der Waals surface area contributed by atoms with Crippen molar-refractivity contribution in [3.63, 3.8) is 0 Å². The van der Waals surface area contributed by atoms with E-state index in [1.165, 1.54) is 22.8 Å². The number of anilines is 1. The predicted octanol–water partition coefficient (Wildman–Crippen LogP) is 2.07. The molecule has 0 amide bonds. The van der Waals surface area contributed by atoms with Crippen molar-refractivity contribution >= 4 is 17.1 Å². The van der Waals surface area contributed by atoms with Crippen LogP contribution in [0, 0.1) is 11.6 Å². The number of imidazole rings is 1. The van der Waals surface area contributed by atoms with E-state index in [1.54, 1.807) is 35.9 Å². The van der Waals surface area contributed by atoms with Crippen LogP contribution in [0.1, 0.15) is 11.1 Å². The number of aryl methyl sites for hydroxylation is 1. The number of H-pyrrole nitrogens is 1. The van der Waals surface area contributed by atoms with E-state index in [9.17, 15) is 18.4 Å². The molecule has 0 bridgehead atoms. The first-order valence-electron chi connectivity index (χ1n) is 11.1. The molecule has 1 aliphatic rings. The van der Waals surface area contributed by atoms with Gasteiger partial charge < -0.3 is 4.90 Å². The van der Waals surface area contributed by atoms with Crippen LogP contribution >= 0.6 is 0 Å². The molecule has 0 unspecified atom stereocenters. The molecule has 10 heteroatoms. The second-order valence-corrected chi connectivity index (χ2v) is 8.47. The summed E-state index contributed by atoms with van der Waals surface area (Å²) in [6.07, 6.45) is 0. The number of hydrogen-bond donors (Lipinski definition) is 1. The van der Waals surface area contributed by atoms with Crippen molar-refractivity contribution in [3.05, 3.63) is 92.1 Å². The molecule has 4 aromatic rings. The second-order valence-electron chi connectivity index (χ2n) is 8.47. The zero-order valence-electron chi connectivity index (χ0n) is 18.7. The van der Waals surface area contributed by atoms with Crippen molar-refractivity contribution in [1.82, 2.24) is 24.0 Å². The number of rotatable bonds is 5. The van der Waals surface area contributed by atoms with Crippen LogP contribution in [0.2, 0.25) is 0 Å². The van der Waals surface area contributed by atoms with Crippen molar-refractivity contribution in [1.29, 1.82) is 0 Å². The maximum atomic E-state index is 14.1. The van der Waals surface area contributed by atoms with Crippen LogP contribution in [0.15, 0.2) is 58.1 Å². The Hall–Kier alpha value is -3.79. The highest BCUT2D eigenvalue weighted by Gasteiger charge is 2.25. The third kappa shape index (κ3) is 4.12. The minimum absolute atomic E-state index is 0.217. The maximum absolute atomic E-state index is 14.1. The number of nitrogens with zero attached hydrogens (tertiary/aromatic N) is 5. The fourth-order valence-corrected chi connectivity index (χ4v) is 4.36. The zero-order valence-corrected chi connectivity index (χ0v) is 18.7. The van der Waals surface area contributed by atoms with Gasteiger partial charge in [-0.2, -0.15) is 4.98 Å². The molecule has 34 heavy (non-hydrogen) atoms. The third-order valence-corrected chi connectivity index (χ3v) is 6.25. The lowest BCUT2D eigenvalue weighted by molar-refractivity contribution is 0.245. The lowest BCUT2D eigenvalue weighted by Gasteiger charge is -2.35. The highest BCUT2D eigenvalue weighted by molar-refractivity contribution is 5.74. The number of hydrogen-bond acceptors (Lipinski definition) is 5. The van der Waals surface area contributed by atoms with E-state index in [0.717, 1.165) is 5.56 Å². The molecule has 8 nitrogen and oxygen atoms in total. The first-order chi connectivity index (χ1) is 16.4. The van der Waals surface area contributed by atoms with Crippen LogP contribution in [0.25, 0.3) is 11.2 Å². The summed E-state index contributed by atoms with van der Waals surface area (Å²) in [5, 5.41) is 0. The summed E-state index contributed by atoms with van der Waals surface area (Å²) in [4.78, 5) is 36.2. The number of halogens is 2. The average molecular weight is 466 g/mol. The number of benzene rings is 2. The Morgan fingerprint density at radius 1 is 0.941 bits per heavy atom. The fraction of sp³-hybridized carbons (Fsp3) is 0.292. The molecule has 0 radical (unpaired) electrons. The Kier molecular flexibility index (Phi) is 5.74. The Bertz CT molecular complexity index is 1450. The van der Waals surface area contributed by atoms with Crippen molar-refractivity contribution in [2.75, 3.05) is 31.1 Å². The van der Waals surface area contributed by atoms with Crippen molar-refractivity contribution < 1.29 is 8.78 Å². The SMILES string of the molecule is Cn1c(=O)[nH]c(=O)c2c1nc(N1CCN(Cc3ccccc3F)CC1)n2Cc1ccc(F)cc1. The zero-order chi connectivity index (χ0) is 23.8. The quantitative estimate of drug-likeness (QED) is 0.487. The van der Waals surface area contributed by atoms with Gasteiger partial charge in [-0.15, -0.1) is 0 Å². The molecular formula is C24H24F2N6O2. The van der Waals surface area contributed by atoms with E-state index in [-0.39, 0.29) is 17.2 Å². The highest BCUT2D eigenvalue weighted by Crippen LogP contribution is 2.23. The largest absolute Gasteiger partial charge is 0.340 e. The average Bonchev–Trinajstić information content (AvgIpc) is 3.21. The maximum Gasteiger partial charge on any atom is 0.329 e. The summed E-state index contributed by atoms with van der Waals surface area (Å²) in [5.41, 5.74) is 0.978. The van der Waals surface area contributed by atoms with Gasteiger partial charge in [-0.3, -0.25) is 23.8 Å². The number of piperazine rings is 1. The number of aromatic amines is 1. The topological polar surface area (TPSA) is 79.2 Å². The molecule has 0 atom stereocenters. The number of aromatic nitrogens is 4. The van der Waals surface area contributed by atoms with Gasteiger partial charge in [0.1, 0.15) is 11.6 Å². The van der Waals surface area contributed by atoms with Gasteiger partial charge in [0.25, 0.3) is 5.56 Å². The van der Waals surface area contributed by atoms with Crippen molar-refractivity contribution in [2.45, 2.75) is 13.1 Å². The molecular weight excluding hydrogens is 442 g/mol. The first-order valence-corrected chi connectivity index (χ1v) is 11.1. The molecule has 0 aliphatic carbocycles. The van der Waals surface area contributed by atoms with Crippen LogP contribution in [-0.4, -0.2) is 50.2 Å². The summed E-state index contributed by atoms with van der Waals surface area (Å²) < 4.78 is 30.6. The molecule has 1 fully saturated rings. The van der Waals surface area contributed by atoms with Crippen LogP contribution in [0.4, 0.5) is 14.7 Å². The minimum atomic E-state index is -0.537. The van der Waals surface area contributed by atoms with Gasteiger partial charge in [0.15, 0.2) is 11.2 Å². The van der Waals surface area contributed by atoms with E-state index < -0.39 is 11.2 Å². The molecule has 1 aliphatic heterocycles. The van der Waals surface area contributed by atoms with E-state index in [1.807, 2.05) is 6.07 Å². The molecule has 176 valence electrons. The summed E-state index contributed by atoms with van der Waals surface area (Å²) >= 11 is 0. The standard InChI is InChI=1S/C24H24F2N6O2/c1-29-21-20(22(33)28-24(29)34)32(14-16-6-8-18(25)9-7-16)23(27-21)31-12-10-30(11-13-31)15-17-4-2-3-5-19(17)26/h2-9H,10-15H2,1H3,(H,28,33,34). The van der Waals surface area contributed by atoms with Crippen molar-refractivity contribution in [2.24, 2.45) is 7.05 Å². The van der Waals surface area contributed by atoms with Crippen molar-refractivity contribution in [3.8, 4) is 0 Å². The van der Waals surface area contributed by atoms with Gasteiger partial charge in [0.05, 0.1) is 6.54 Å². The predicted molar refractivity (Wildman–Crippen MR) is 125 cm³/mol.